The Bertz CT molecular complexity index is 619. The fourth-order valence-corrected chi connectivity index (χ4v) is 1.84. The summed E-state index contributed by atoms with van der Waals surface area (Å²) >= 11 is 0. The van der Waals surface area contributed by atoms with Gasteiger partial charge in [0.1, 0.15) is 6.54 Å². The van der Waals surface area contributed by atoms with E-state index in [0.29, 0.717) is 11.0 Å². The van der Waals surface area contributed by atoms with Crippen LogP contribution in [-0.4, -0.2) is 21.5 Å². The number of nitrogens with zero attached hydrogens (tertiary/aromatic N) is 2. The number of nitrogens with one attached hydrogen (secondary N) is 1. The Morgan fingerprint density at radius 3 is 2.83 bits per heavy atom. The van der Waals surface area contributed by atoms with Crippen LogP contribution in [0.1, 0.15) is 12.8 Å². The van der Waals surface area contributed by atoms with Gasteiger partial charge in [-0.1, -0.05) is 0 Å². The fourth-order valence-electron chi connectivity index (χ4n) is 1.84. The molecule has 0 saturated heterocycles. The second-order valence-corrected chi connectivity index (χ2v) is 4.47. The van der Waals surface area contributed by atoms with Gasteiger partial charge in [-0.15, -0.1) is 0 Å². The van der Waals surface area contributed by atoms with E-state index in [4.69, 9.17) is 0 Å². The molecule has 1 saturated carbocycles. The van der Waals surface area contributed by atoms with Crippen molar-refractivity contribution in [2.24, 2.45) is 0 Å². The maximum Gasteiger partial charge on any atom is 0.240 e. The first kappa shape index (κ1) is 11.1. The average molecular weight is 251 g/mol. The van der Waals surface area contributed by atoms with Crippen molar-refractivity contribution >= 4 is 16.9 Å². The summed E-state index contributed by atoms with van der Waals surface area (Å²) in [7, 11) is 0. The number of hydrogen-bond donors (Lipinski definition) is 1. The largest absolute Gasteiger partial charge is 0.352 e. The second kappa shape index (κ2) is 4.04. The van der Waals surface area contributed by atoms with E-state index in [1.807, 2.05) is 0 Å². The first-order valence-corrected chi connectivity index (χ1v) is 5.73. The molecule has 1 amide bonds. The van der Waals surface area contributed by atoms with E-state index >= 15 is 0 Å². The summed E-state index contributed by atoms with van der Waals surface area (Å²) in [6.07, 6.45) is 3.43. The molecule has 1 aliphatic rings. The van der Waals surface area contributed by atoms with Gasteiger partial charge in [0.25, 0.3) is 0 Å². The molecule has 1 heterocycles. The number of imidazole rings is 1. The molecule has 4 nitrogen and oxygen atoms in total. The van der Waals surface area contributed by atoms with Crippen LogP contribution in [-0.2, 0) is 11.3 Å². The zero-order valence-electron chi connectivity index (χ0n) is 9.49. The number of amides is 1. The lowest BCUT2D eigenvalue weighted by atomic mass is 10.3. The summed E-state index contributed by atoms with van der Waals surface area (Å²) in [6.45, 7) is 0.0675. The van der Waals surface area contributed by atoms with Crippen molar-refractivity contribution in [2.75, 3.05) is 0 Å². The number of carbonyl (C=O) groups excluding carboxylic acids is 1. The van der Waals surface area contributed by atoms with E-state index in [1.54, 1.807) is 0 Å². The molecule has 2 aromatic rings. The van der Waals surface area contributed by atoms with E-state index < -0.39 is 11.6 Å². The highest BCUT2D eigenvalue weighted by molar-refractivity contribution is 5.80. The molecule has 94 valence electrons. The normalized spacial score (nSPS) is 15.0. The van der Waals surface area contributed by atoms with Gasteiger partial charge < -0.3 is 9.88 Å². The van der Waals surface area contributed by atoms with E-state index in [9.17, 15) is 13.6 Å². The van der Waals surface area contributed by atoms with E-state index in [-0.39, 0.29) is 18.5 Å². The zero-order valence-corrected chi connectivity index (χ0v) is 9.49. The molecular weight excluding hydrogens is 240 g/mol. The molecule has 6 heteroatoms. The summed E-state index contributed by atoms with van der Waals surface area (Å²) in [5, 5.41) is 2.83. The van der Waals surface area contributed by atoms with Gasteiger partial charge in [0.2, 0.25) is 5.91 Å². The maximum absolute atomic E-state index is 13.1. The van der Waals surface area contributed by atoms with Crippen molar-refractivity contribution < 1.29 is 13.6 Å². The van der Waals surface area contributed by atoms with Crippen molar-refractivity contribution in [3.8, 4) is 0 Å². The van der Waals surface area contributed by atoms with Crippen molar-refractivity contribution in [3.63, 3.8) is 0 Å². The molecule has 1 aromatic carbocycles. The molecule has 1 aliphatic carbocycles. The molecule has 0 unspecified atom stereocenters. The van der Waals surface area contributed by atoms with Gasteiger partial charge in [-0.05, 0) is 12.8 Å². The molecule has 1 aromatic heterocycles. The van der Waals surface area contributed by atoms with Gasteiger partial charge in [0.05, 0.1) is 17.4 Å². The quantitative estimate of drug-likeness (QED) is 0.900. The van der Waals surface area contributed by atoms with Crippen LogP contribution in [0.4, 0.5) is 8.78 Å². The van der Waals surface area contributed by atoms with Crippen molar-refractivity contribution in [3.05, 3.63) is 30.1 Å². The Balaban J connectivity index is 1.87. The summed E-state index contributed by atoms with van der Waals surface area (Å²) in [5.74, 6) is -2.01. The smallest absolute Gasteiger partial charge is 0.240 e. The third-order valence-corrected chi connectivity index (χ3v) is 2.92. The minimum Gasteiger partial charge on any atom is -0.352 e. The molecule has 1 fully saturated rings. The van der Waals surface area contributed by atoms with Crippen LogP contribution in [0.3, 0.4) is 0 Å². The highest BCUT2D eigenvalue weighted by atomic mass is 19.2. The number of benzene rings is 1. The van der Waals surface area contributed by atoms with Gasteiger partial charge >= 0.3 is 0 Å². The van der Waals surface area contributed by atoms with Gasteiger partial charge in [-0.25, -0.2) is 13.8 Å². The van der Waals surface area contributed by atoms with Crippen LogP contribution >= 0.6 is 0 Å². The number of fused-ring (bicyclic) bond motifs is 1. The molecule has 0 aliphatic heterocycles. The Labute approximate surface area is 102 Å². The lowest BCUT2D eigenvalue weighted by molar-refractivity contribution is -0.121. The third kappa shape index (κ3) is 2.05. The van der Waals surface area contributed by atoms with Crippen molar-refractivity contribution in [2.45, 2.75) is 25.4 Å². The molecule has 1 N–H and O–H groups in total. The predicted octanol–water partition coefficient (Wildman–Crippen LogP) is 1.59. The molecular formula is C12H11F2N3O. The lowest BCUT2D eigenvalue weighted by Crippen LogP contribution is -2.29. The van der Waals surface area contributed by atoms with Gasteiger partial charge in [-0.3, -0.25) is 4.79 Å². The molecule has 0 radical (unpaired) electrons. The number of hydrogen-bond acceptors (Lipinski definition) is 2. The fraction of sp³-hybridized carbons (Fsp3) is 0.333. The average Bonchev–Trinajstić information content (AvgIpc) is 3.05. The Hall–Kier alpha value is -1.98. The second-order valence-electron chi connectivity index (χ2n) is 4.47. The third-order valence-electron chi connectivity index (χ3n) is 2.92. The number of carbonyl (C=O) groups is 1. The molecule has 0 atom stereocenters. The number of rotatable bonds is 3. The topological polar surface area (TPSA) is 46.9 Å². The highest BCUT2D eigenvalue weighted by Crippen LogP contribution is 2.19. The van der Waals surface area contributed by atoms with E-state index in [1.165, 1.54) is 10.9 Å². The highest BCUT2D eigenvalue weighted by Gasteiger charge is 2.23. The molecule has 18 heavy (non-hydrogen) atoms. The summed E-state index contributed by atoms with van der Waals surface area (Å²) in [4.78, 5) is 15.6. The Kier molecular flexibility index (Phi) is 2.50. The number of aromatic nitrogens is 2. The zero-order chi connectivity index (χ0) is 12.7. The Morgan fingerprint density at radius 1 is 1.39 bits per heavy atom. The van der Waals surface area contributed by atoms with Crippen LogP contribution in [0, 0.1) is 11.6 Å². The Morgan fingerprint density at radius 2 is 2.11 bits per heavy atom. The van der Waals surface area contributed by atoms with Crippen molar-refractivity contribution in [1.82, 2.24) is 14.9 Å². The summed E-state index contributed by atoms with van der Waals surface area (Å²) < 4.78 is 27.7. The standard InChI is InChI=1S/C12H11F2N3O/c13-8-3-10-11(4-9(8)14)17(6-15-10)5-12(18)16-7-1-2-7/h3-4,6-7H,1-2,5H2,(H,16,18). The van der Waals surface area contributed by atoms with Crippen LogP contribution in [0.2, 0.25) is 0 Å². The van der Waals surface area contributed by atoms with Gasteiger partial charge in [-0.2, -0.15) is 0 Å². The SMILES string of the molecule is O=C(Cn1cnc2cc(F)c(F)cc21)NC1CC1. The van der Waals surface area contributed by atoms with Crippen LogP contribution < -0.4 is 5.32 Å². The minimum absolute atomic E-state index is 0.0675. The molecule has 3 rings (SSSR count). The van der Waals surface area contributed by atoms with E-state index in [2.05, 4.69) is 10.3 Å². The van der Waals surface area contributed by atoms with Gasteiger partial charge in [0.15, 0.2) is 11.6 Å². The van der Waals surface area contributed by atoms with E-state index in [0.717, 1.165) is 25.0 Å². The van der Waals surface area contributed by atoms with Crippen LogP contribution in [0.5, 0.6) is 0 Å². The monoisotopic (exact) mass is 251 g/mol. The predicted molar refractivity (Wildman–Crippen MR) is 60.8 cm³/mol. The summed E-state index contributed by atoms with van der Waals surface area (Å²) in [5.41, 5.74) is 0.757. The van der Waals surface area contributed by atoms with Gasteiger partial charge in [0, 0.05) is 18.2 Å². The maximum atomic E-state index is 13.1. The number of halogens is 2. The van der Waals surface area contributed by atoms with Crippen LogP contribution in [0.25, 0.3) is 11.0 Å². The molecule has 0 spiro atoms. The first-order chi connectivity index (χ1) is 8.63. The lowest BCUT2D eigenvalue weighted by Gasteiger charge is -2.05. The molecule has 0 bridgehead atoms. The minimum atomic E-state index is -0.938. The van der Waals surface area contributed by atoms with Crippen LogP contribution in [0.15, 0.2) is 18.5 Å². The van der Waals surface area contributed by atoms with Crippen molar-refractivity contribution in [1.29, 1.82) is 0 Å². The first-order valence-electron chi connectivity index (χ1n) is 5.73. The summed E-state index contributed by atoms with van der Waals surface area (Å²) in [6, 6.07) is 2.36.